The first-order valence-electron chi connectivity index (χ1n) is 14.7. The van der Waals surface area contributed by atoms with Crippen molar-refractivity contribution in [3.8, 4) is 11.1 Å². The van der Waals surface area contributed by atoms with Crippen LogP contribution in [0.25, 0.3) is 11.1 Å². The third kappa shape index (κ3) is 9.56. The fourth-order valence-corrected chi connectivity index (χ4v) is 5.01. The minimum absolute atomic E-state index is 0.00687. The number of fused-ring (bicyclic) bond motifs is 3. The Labute approximate surface area is 262 Å². The summed E-state index contributed by atoms with van der Waals surface area (Å²) in [5.41, 5.74) is 4.48. The van der Waals surface area contributed by atoms with E-state index in [0.717, 1.165) is 23.1 Å². The van der Waals surface area contributed by atoms with Crippen LogP contribution < -0.4 is 10.6 Å². The average Bonchev–Trinajstić information content (AvgIpc) is 3.54. The van der Waals surface area contributed by atoms with Crippen molar-refractivity contribution in [3.63, 3.8) is 0 Å². The van der Waals surface area contributed by atoms with E-state index >= 15 is 0 Å². The van der Waals surface area contributed by atoms with Gasteiger partial charge in [-0.25, -0.2) is 14.4 Å². The number of nitrogens with zero attached hydrogens (tertiary/aromatic N) is 2. The number of carbonyl (C=O) groups is 4. The summed E-state index contributed by atoms with van der Waals surface area (Å²) >= 11 is 0. The molecule has 2 aromatic carbocycles. The van der Waals surface area contributed by atoms with Crippen LogP contribution in [0.15, 0.2) is 59.1 Å². The Hall–Kier alpha value is -4.87. The molecule has 1 unspecified atom stereocenters. The Morgan fingerprint density at radius 1 is 0.933 bits per heavy atom. The standard InChI is InChI=1S/C33H40N4O8/c1-32(2,3)44-30(41)35-28(36-31(42)45-33(4,5)6)37-14-13-22(18-37)26(17-27(38)39)34-29(40)43-19-20-11-12-25-23(15-20)16-21-9-7-8-10-24(21)25/h7-13,15,26H,14,16-19H2,1-6H3,(H,34,40)(H,38,39)(H,35,36,41,42). The van der Waals surface area contributed by atoms with Crippen molar-refractivity contribution in [2.45, 2.75) is 78.2 Å². The van der Waals surface area contributed by atoms with Crippen molar-refractivity contribution in [2.24, 2.45) is 4.99 Å². The number of hydrogen-bond donors (Lipinski definition) is 3. The van der Waals surface area contributed by atoms with Gasteiger partial charge in [-0.05, 0) is 81.4 Å². The molecular weight excluding hydrogens is 580 g/mol. The van der Waals surface area contributed by atoms with Gasteiger partial charge in [0, 0.05) is 13.1 Å². The molecule has 1 atom stereocenters. The number of ether oxygens (including phenoxy) is 3. The number of carboxylic acids is 1. The van der Waals surface area contributed by atoms with Crippen molar-refractivity contribution >= 4 is 30.2 Å². The third-order valence-corrected chi connectivity index (χ3v) is 6.80. The molecule has 2 aliphatic rings. The van der Waals surface area contributed by atoms with E-state index in [1.54, 1.807) is 47.6 Å². The van der Waals surface area contributed by atoms with Crippen LogP contribution in [-0.4, -0.2) is 70.5 Å². The first-order chi connectivity index (χ1) is 21.1. The van der Waals surface area contributed by atoms with Gasteiger partial charge in [-0.3, -0.25) is 10.1 Å². The number of carbonyl (C=O) groups excluding carboxylic acids is 3. The number of alkyl carbamates (subject to hydrolysis) is 2. The number of rotatable bonds is 6. The van der Waals surface area contributed by atoms with E-state index in [1.165, 1.54) is 16.0 Å². The van der Waals surface area contributed by atoms with E-state index in [-0.39, 0.29) is 25.7 Å². The van der Waals surface area contributed by atoms with E-state index in [2.05, 4.69) is 27.8 Å². The fourth-order valence-electron chi connectivity index (χ4n) is 5.01. The van der Waals surface area contributed by atoms with E-state index in [4.69, 9.17) is 14.2 Å². The molecular formula is C33H40N4O8. The SMILES string of the molecule is CC(C)(C)OC(=O)N=C(NC(=O)OC(C)(C)C)N1CC=C(C(CC(=O)O)NC(=O)OCc2ccc3c(c2)Cc2ccccc2-3)C1. The highest BCUT2D eigenvalue weighted by atomic mass is 16.6. The van der Waals surface area contributed by atoms with Crippen LogP contribution in [0.5, 0.6) is 0 Å². The lowest BCUT2D eigenvalue weighted by Crippen LogP contribution is -2.47. The first kappa shape index (κ1) is 33.0. The maximum atomic E-state index is 12.8. The van der Waals surface area contributed by atoms with Gasteiger partial charge in [-0.2, -0.15) is 0 Å². The number of hydrogen-bond acceptors (Lipinski definition) is 7. The van der Waals surface area contributed by atoms with Crippen LogP contribution in [0.1, 0.15) is 64.7 Å². The van der Waals surface area contributed by atoms with E-state index in [0.29, 0.717) is 5.57 Å². The van der Waals surface area contributed by atoms with Gasteiger partial charge in [0.1, 0.15) is 17.8 Å². The molecule has 0 fully saturated rings. The summed E-state index contributed by atoms with van der Waals surface area (Å²) in [5.74, 6) is -1.27. The average molecular weight is 621 g/mol. The summed E-state index contributed by atoms with van der Waals surface area (Å²) in [6, 6.07) is 13.2. The van der Waals surface area contributed by atoms with Gasteiger partial charge in [0.05, 0.1) is 12.5 Å². The van der Waals surface area contributed by atoms with Gasteiger partial charge in [-0.1, -0.05) is 48.5 Å². The summed E-state index contributed by atoms with van der Waals surface area (Å²) in [6.45, 7) is 10.3. The van der Waals surface area contributed by atoms with E-state index in [1.807, 2.05) is 30.3 Å². The number of aliphatic imine (C=N–C) groups is 1. The molecule has 3 amide bonds. The molecule has 240 valence electrons. The Kier molecular flexibility index (Phi) is 9.84. The Morgan fingerprint density at radius 3 is 2.31 bits per heavy atom. The van der Waals surface area contributed by atoms with Crippen molar-refractivity contribution in [1.82, 2.24) is 15.5 Å². The van der Waals surface area contributed by atoms with Crippen molar-refractivity contribution in [1.29, 1.82) is 0 Å². The zero-order valence-electron chi connectivity index (χ0n) is 26.4. The summed E-state index contributed by atoms with van der Waals surface area (Å²) in [7, 11) is 0. The Balaban J connectivity index is 1.41. The van der Waals surface area contributed by atoms with Crippen LogP contribution in [0, 0.1) is 0 Å². The summed E-state index contributed by atoms with van der Waals surface area (Å²) < 4.78 is 16.1. The predicted molar refractivity (Wildman–Crippen MR) is 167 cm³/mol. The van der Waals surface area contributed by atoms with Crippen LogP contribution >= 0.6 is 0 Å². The lowest BCUT2D eigenvalue weighted by atomic mass is 10.0. The summed E-state index contributed by atoms with van der Waals surface area (Å²) in [4.78, 5) is 55.1. The smallest absolute Gasteiger partial charge is 0.437 e. The number of aliphatic carboxylic acids is 1. The minimum atomic E-state index is -1.13. The maximum absolute atomic E-state index is 12.8. The molecule has 0 bridgehead atoms. The van der Waals surface area contributed by atoms with Crippen molar-refractivity contribution in [2.75, 3.05) is 13.1 Å². The molecule has 1 aliphatic carbocycles. The summed E-state index contributed by atoms with van der Waals surface area (Å²) in [5, 5.41) is 14.7. The van der Waals surface area contributed by atoms with Gasteiger partial charge < -0.3 is 29.5 Å². The van der Waals surface area contributed by atoms with Crippen molar-refractivity contribution in [3.05, 3.63) is 70.8 Å². The highest BCUT2D eigenvalue weighted by Crippen LogP contribution is 2.36. The quantitative estimate of drug-likeness (QED) is 0.142. The van der Waals surface area contributed by atoms with Gasteiger partial charge in [0.25, 0.3) is 0 Å². The topological polar surface area (TPSA) is 156 Å². The molecule has 0 spiro atoms. The van der Waals surface area contributed by atoms with Crippen LogP contribution in [0.2, 0.25) is 0 Å². The van der Waals surface area contributed by atoms with Gasteiger partial charge in [-0.15, -0.1) is 4.99 Å². The Morgan fingerprint density at radius 2 is 1.62 bits per heavy atom. The fraction of sp³-hybridized carbons (Fsp3) is 0.424. The predicted octanol–water partition coefficient (Wildman–Crippen LogP) is 5.39. The minimum Gasteiger partial charge on any atom is -0.481 e. The first-order valence-corrected chi connectivity index (χ1v) is 14.7. The van der Waals surface area contributed by atoms with Gasteiger partial charge in [0.2, 0.25) is 5.96 Å². The van der Waals surface area contributed by atoms with E-state index in [9.17, 15) is 24.3 Å². The number of guanidine groups is 1. The maximum Gasteiger partial charge on any atom is 0.437 e. The second kappa shape index (κ2) is 13.4. The number of nitrogens with one attached hydrogen (secondary N) is 2. The second-order valence-electron chi connectivity index (χ2n) is 12.9. The molecule has 2 aromatic rings. The largest absolute Gasteiger partial charge is 0.481 e. The molecule has 1 heterocycles. The van der Waals surface area contributed by atoms with Crippen LogP contribution in [0.4, 0.5) is 14.4 Å². The Bertz CT molecular complexity index is 1530. The molecule has 0 radical (unpaired) electrons. The number of carboxylic acid groups (broad SMARTS) is 1. The highest BCUT2D eigenvalue weighted by Gasteiger charge is 2.30. The van der Waals surface area contributed by atoms with Crippen LogP contribution in [0.3, 0.4) is 0 Å². The van der Waals surface area contributed by atoms with Gasteiger partial charge in [0.15, 0.2) is 0 Å². The van der Waals surface area contributed by atoms with Crippen LogP contribution in [-0.2, 0) is 32.0 Å². The van der Waals surface area contributed by atoms with Gasteiger partial charge >= 0.3 is 24.2 Å². The molecule has 45 heavy (non-hydrogen) atoms. The number of amides is 3. The molecule has 1 aliphatic heterocycles. The zero-order valence-corrected chi connectivity index (χ0v) is 26.4. The molecule has 12 heteroatoms. The third-order valence-electron chi connectivity index (χ3n) is 6.80. The second-order valence-corrected chi connectivity index (χ2v) is 12.9. The zero-order chi connectivity index (χ0) is 32.9. The highest BCUT2D eigenvalue weighted by molar-refractivity contribution is 5.99. The molecule has 0 saturated carbocycles. The molecule has 0 saturated heterocycles. The summed E-state index contributed by atoms with van der Waals surface area (Å²) in [6.07, 6.45) is -0.450. The molecule has 12 nitrogen and oxygen atoms in total. The molecule has 3 N–H and O–H groups in total. The lowest BCUT2D eigenvalue weighted by molar-refractivity contribution is -0.137. The van der Waals surface area contributed by atoms with Crippen molar-refractivity contribution < 1.29 is 38.5 Å². The number of benzene rings is 2. The lowest BCUT2D eigenvalue weighted by Gasteiger charge is -2.25. The molecule has 4 rings (SSSR count). The van der Waals surface area contributed by atoms with E-state index < -0.39 is 47.9 Å². The normalized spacial score (nSPS) is 14.9. The molecule has 0 aromatic heterocycles. The monoisotopic (exact) mass is 620 g/mol.